The lowest BCUT2D eigenvalue weighted by molar-refractivity contribution is 0.670. The standard InChI is InChI=1S/C16H14ClN3S2/c17-12-4-1-3-11(9-12)10-22-16-19-18-15(14-5-2-8-21-14)20(16)13-6-7-13/h1-5,8-9,13H,6-7,10H2. The SMILES string of the molecule is Clc1cccc(CSc2nnc(-c3cccs3)n2C2CC2)c1. The van der Waals surface area contributed by atoms with Gasteiger partial charge in [0, 0.05) is 16.8 Å². The summed E-state index contributed by atoms with van der Waals surface area (Å²) < 4.78 is 2.31. The summed E-state index contributed by atoms with van der Waals surface area (Å²) in [6, 6.07) is 12.7. The molecule has 3 nitrogen and oxygen atoms in total. The predicted molar refractivity (Wildman–Crippen MR) is 92.6 cm³/mol. The van der Waals surface area contributed by atoms with Gasteiger partial charge in [-0.05, 0) is 42.0 Å². The molecule has 2 heterocycles. The number of hydrogen-bond acceptors (Lipinski definition) is 4. The minimum Gasteiger partial charge on any atom is -0.298 e. The Morgan fingerprint density at radius 3 is 2.86 bits per heavy atom. The van der Waals surface area contributed by atoms with E-state index in [-0.39, 0.29) is 0 Å². The fraction of sp³-hybridized carbons (Fsp3) is 0.250. The summed E-state index contributed by atoms with van der Waals surface area (Å²) in [5.74, 6) is 1.86. The van der Waals surface area contributed by atoms with Crippen LogP contribution in [0.3, 0.4) is 0 Å². The number of aromatic nitrogens is 3. The maximum atomic E-state index is 6.05. The van der Waals surface area contributed by atoms with Crippen LogP contribution in [-0.2, 0) is 5.75 Å². The molecule has 22 heavy (non-hydrogen) atoms. The molecule has 1 aromatic carbocycles. The van der Waals surface area contributed by atoms with Crippen LogP contribution in [-0.4, -0.2) is 14.8 Å². The van der Waals surface area contributed by atoms with Crippen LogP contribution in [0.25, 0.3) is 10.7 Å². The molecule has 0 spiro atoms. The quantitative estimate of drug-likeness (QED) is 0.588. The predicted octanol–water partition coefficient (Wildman–Crippen LogP) is 5.29. The first-order valence-electron chi connectivity index (χ1n) is 7.17. The Bertz CT molecular complexity index is 779. The van der Waals surface area contributed by atoms with Crippen molar-refractivity contribution in [2.24, 2.45) is 0 Å². The Balaban J connectivity index is 1.59. The second kappa shape index (κ2) is 6.07. The Morgan fingerprint density at radius 1 is 1.23 bits per heavy atom. The molecule has 0 aliphatic heterocycles. The van der Waals surface area contributed by atoms with E-state index in [9.17, 15) is 0 Å². The lowest BCUT2D eigenvalue weighted by Crippen LogP contribution is -1.98. The maximum absolute atomic E-state index is 6.05. The van der Waals surface area contributed by atoms with Gasteiger partial charge in [0.1, 0.15) is 0 Å². The Kier molecular flexibility index (Phi) is 3.94. The number of thioether (sulfide) groups is 1. The molecule has 1 aliphatic rings. The minimum atomic E-state index is 0.564. The zero-order chi connectivity index (χ0) is 14.9. The third-order valence-corrected chi connectivity index (χ3v) is 5.69. The first-order chi connectivity index (χ1) is 10.8. The number of rotatable bonds is 5. The highest BCUT2D eigenvalue weighted by Crippen LogP contribution is 2.42. The highest BCUT2D eigenvalue weighted by molar-refractivity contribution is 7.98. The fourth-order valence-electron chi connectivity index (χ4n) is 2.39. The van der Waals surface area contributed by atoms with E-state index in [0.29, 0.717) is 6.04 Å². The Hall–Kier alpha value is -1.30. The Morgan fingerprint density at radius 2 is 2.14 bits per heavy atom. The zero-order valence-electron chi connectivity index (χ0n) is 11.8. The molecule has 0 saturated heterocycles. The third-order valence-electron chi connectivity index (χ3n) is 3.58. The Labute approximate surface area is 142 Å². The highest BCUT2D eigenvalue weighted by atomic mass is 35.5. The van der Waals surface area contributed by atoms with E-state index in [4.69, 9.17) is 11.6 Å². The molecule has 0 unspecified atom stereocenters. The fourth-order valence-corrected chi connectivity index (χ4v) is 4.25. The van der Waals surface area contributed by atoms with E-state index >= 15 is 0 Å². The van der Waals surface area contributed by atoms with Crippen molar-refractivity contribution >= 4 is 34.7 Å². The molecular formula is C16H14ClN3S2. The van der Waals surface area contributed by atoms with Crippen LogP contribution in [0.1, 0.15) is 24.4 Å². The molecule has 1 aliphatic carbocycles. The first-order valence-corrected chi connectivity index (χ1v) is 9.41. The van der Waals surface area contributed by atoms with Crippen molar-refractivity contribution in [3.63, 3.8) is 0 Å². The lowest BCUT2D eigenvalue weighted by Gasteiger charge is -2.07. The van der Waals surface area contributed by atoms with E-state index < -0.39 is 0 Å². The maximum Gasteiger partial charge on any atom is 0.192 e. The third kappa shape index (κ3) is 2.93. The van der Waals surface area contributed by atoms with Gasteiger partial charge >= 0.3 is 0 Å². The lowest BCUT2D eigenvalue weighted by atomic mass is 10.2. The van der Waals surface area contributed by atoms with Crippen molar-refractivity contribution in [2.75, 3.05) is 0 Å². The molecule has 0 bridgehead atoms. The van der Waals surface area contributed by atoms with E-state index in [1.807, 2.05) is 18.2 Å². The monoisotopic (exact) mass is 347 g/mol. The molecule has 3 aromatic rings. The molecule has 4 rings (SSSR count). The molecule has 0 amide bonds. The van der Waals surface area contributed by atoms with Gasteiger partial charge in [0.05, 0.1) is 4.88 Å². The van der Waals surface area contributed by atoms with Gasteiger partial charge in [-0.2, -0.15) is 0 Å². The van der Waals surface area contributed by atoms with Crippen LogP contribution in [0.2, 0.25) is 5.02 Å². The molecule has 6 heteroatoms. The average molecular weight is 348 g/mol. The zero-order valence-corrected chi connectivity index (χ0v) is 14.2. The van der Waals surface area contributed by atoms with Crippen LogP contribution in [0.5, 0.6) is 0 Å². The van der Waals surface area contributed by atoms with Crippen LogP contribution >= 0.6 is 34.7 Å². The smallest absolute Gasteiger partial charge is 0.192 e. The number of benzene rings is 1. The van der Waals surface area contributed by atoms with Gasteiger partial charge in [0.15, 0.2) is 11.0 Å². The largest absolute Gasteiger partial charge is 0.298 e. The number of nitrogens with zero attached hydrogens (tertiary/aromatic N) is 3. The summed E-state index contributed by atoms with van der Waals surface area (Å²) in [5, 5.41) is 12.7. The minimum absolute atomic E-state index is 0.564. The van der Waals surface area contributed by atoms with Crippen LogP contribution in [0.4, 0.5) is 0 Å². The first kappa shape index (κ1) is 14.3. The van der Waals surface area contributed by atoms with E-state index in [1.54, 1.807) is 23.1 Å². The van der Waals surface area contributed by atoms with E-state index in [2.05, 4.69) is 38.3 Å². The summed E-state index contributed by atoms with van der Waals surface area (Å²) in [7, 11) is 0. The summed E-state index contributed by atoms with van der Waals surface area (Å²) in [6.45, 7) is 0. The molecule has 0 atom stereocenters. The molecule has 1 fully saturated rings. The van der Waals surface area contributed by atoms with Gasteiger partial charge in [0.2, 0.25) is 0 Å². The van der Waals surface area contributed by atoms with Gasteiger partial charge in [-0.1, -0.05) is 41.6 Å². The summed E-state index contributed by atoms with van der Waals surface area (Å²) in [5.41, 5.74) is 1.21. The van der Waals surface area contributed by atoms with Crippen molar-refractivity contribution in [3.05, 3.63) is 52.4 Å². The second-order valence-electron chi connectivity index (χ2n) is 5.30. The topological polar surface area (TPSA) is 30.7 Å². The van der Waals surface area contributed by atoms with Gasteiger partial charge in [-0.3, -0.25) is 4.57 Å². The second-order valence-corrected chi connectivity index (χ2v) is 7.63. The highest BCUT2D eigenvalue weighted by Gasteiger charge is 2.30. The molecule has 2 aromatic heterocycles. The summed E-state index contributed by atoms with van der Waals surface area (Å²) in [4.78, 5) is 1.19. The summed E-state index contributed by atoms with van der Waals surface area (Å²) >= 11 is 9.49. The van der Waals surface area contributed by atoms with Crippen molar-refractivity contribution in [1.29, 1.82) is 0 Å². The van der Waals surface area contributed by atoms with Crippen molar-refractivity contribution in [3.8, 4) is 10.7 Å². The average Bonchev–Trinajstić information content (AvgIpc) is 3.05. The van der Waals surface area contributed by atoms with Gasteiger partial charge in [-0.25, -0.2) is 0 Å². The number of hydrogen-bond donors (Lipinski definition) is 0. The molecule has 1 saturated carbocycles. The van der Waals surface area contributed by atoms with Crippen molar-refractivity contribution in [2.45, 2.75) is 29.8 Å². The molecule has 0 N–H and O–H groups in total. The van der Waals surface area contributed by atoms with Crippen molar-refractivity contribution in [1.82, 2.24) is 14.8 Å². The van der Waals surface area contributed by atoms with Crippen LogP contribution < -0.4 is 0 Å². The molecular weight excluding hydrogens is 334 g/mol. The summed E-state index contributed by atoms with van der Waals surface area (Å²) in [6.07, 6.45) is 2.45. The molecule has 112 valence electrons. The normalized spacial score (nSPS) is 14.4. The van der Waals surface area contributed by atoms with Crippen LogP contribution in [0.15, 0.2) is 46.9 Å². The molecule has 0 radical (unpaired) electrons. The van der Waals surface area contributed by atoms with Gasteiger partial charge in [-0.15, -0.1) is 21.5 Å². The van der Waals surface area contributed by atoms with E-state index in [0.717, 1.165) is 21.8 Å². The van der Waals surface area contributed by atoms with Crippen LogP contribution in [0, 0.1) is 0 Å². The van der Waals surface area contributed by atoms with E-state index in [1.165, 1.54) is 23.3 Å². The van der Waals surface area contributed by atoms with Gasteiger partial charge in [0.25, 0.3) is 0 Å². The number of halogens is 1. The van der Waals surface area contributed by atoms with Gasteiger partial charge < -0.3 is 0 Å². The number of thiophene rings is 1. The van der Waals surface area contributed by atoms with Crippen molar-refractivity contribution < 1.29 is 0 Å².